The Morgan fingerprint density at radius 3 is 2.97 bits per heavy atom. The Morgan fingerprint density at radius 1 is 1.17 bits per heavy atom. The van der Waals surface area contributed by atoms with Gasteiger partial charge in [-0.3, -0.25) is 9.78 Å². The smallest absolute Gasteiger partial charge is 0.226 e. The number of hydrogen-bond acceptors (Lipinski definition) is 5. The van der Waals surface area contributed by atoms with E-state index in [9.17, 15) is 4.79 Å². The molecule has 2 fully saturated rings. The second kappa shape index (κ2) is 7.46. The average molecular weight is 390 g/mol. The first-order valence-electron chi connectivity index (χ1n) is 10.4. The molecule has 5 heterocycles. The van der Waals surface area contributed by atoms with Crippen molar-refractivity contribution < 1.29 is 4.79 Å². The summed E-state index contributed by atoms with van der Waals surface area (Å²) in [5.41, 5.74) is 4.31. The van der Waals surface area contributed by atoms with E-state index in [1.165, 1.54) is 5.56 Å². The summed E-state index contributed by atoms with van der Waals surface area (Å²) in [4.78, 5) is 26.2. The summed E-state index contributed by atoms with van der Waals surface area (Å²) in [6.45, 7) is 4.61. The van der Waals surface area contributed by atoms with Gasteiger partial charge >= 0.3 is 0 Å². The topological polar surface area (TPSA) is 66.6 Å². The van der Waals surface area contributed by atoms with Gasteiger partial charge in [0, 0.05) is 37.4 Å². The van der Waals surface area contributed by atoms with Gasteiger partial charge in [0.25, 0.3) is 0 Å². The Morgan fingerprint density at radius 2 is 2.10 bits per heavy atom. The van der Waals surface area contributed by atoms with E-state index < -0.39 is 0 Å². The third-order valence-electron chi connectivity index (χ3n) is 6.32. The lowest BCUT2D eigenvalue weighted by Crippen LogP contribution is -2.51. The maximum absolute atomic E-state index is 12.9. The summed E-state index contributed by atoms with van der Waals surface area (Å²) in [5.74, 6) is 0.492. The van der Waals surface area contributed by atoms with Gasteiger partial charge in [-0.25, -0.2) is 9.50 Å². The fraction of sp³-hybridized carbons (Fsp3) is 0.455. The number of rotatable bonds is 5. The molecule has 2 aliphatic heterocycles. The summed E-state index contributed by atoms with van der Waals surface area (Å²) in [6, 6.07) is 8.63. The minimum Gasteiger partial charge on any atom is -0.366 e. The van der Waals surface area contributed by atoms with Crippen LogP contribution in [0, 0.1) is 12.8 Å². The second-order valence-electron chi connectivity index (χ2n) is 8.18. The van der Waals surface area contributed by atoms with Crippen molar-refractivity contribution in [2.75, 3.05) is 24.5 Å². The minimum absolute atomic E-state index is 0.147. The normalized spacial score (nSPS) is 21.8. The van der Waals surface area contributed by atoms with Crippen molar-refractivity contribution in [3.8, 4) is 0 Å². The number of aromatic nitrogens is 4. The fourth-order valence-electron chi connectivity index (χ4n) is 4.77. The van der Waals surface area contributed by atoms with Crippen molar-refractivity contribution in [3.63, 3.8) is 0 Å². The molecule has 3 aromatic rings. The molecule has 0 radical (unpaired) electrons. The van der Waals surface area contributed by atoms with Gasteiger partial charge in [-0.2, -0.15) is 5.10 Å². The third-order valence-corrected chi connectivity index (χ3v) is 6.32. The highest BCUT2D eigenvalue weighted by molar-refractivity contribution is 5.82. The van der Waals surface area contributed by atoms with Crippen LogP contribution >= 0.6 is 0 Å². The Bertz CT molecular complexity index is 1010. The minimum atomic E-state index is 0.147. The Kier molecular flexibility index (Phi) is 4.66. The zero-order chi connectivity index (χ0) is 19.8. The van der Waals surface area contributed by atoms with E-state index in [2.05, 4.69) is 43.1 Å². The highest BCUT2D eigenvalue weighted by atomic mass is 16.2. The Balaban J connectivity index is 1.19. The molecule has 0 spiro atoms. The number of nitrogens with zero attached hydrogens (tertiary/aromatic N) is 6. The SMILES string of the molecule is Cc1ccc(N2CCN3C(=O)[C@@H](CCCc4cccn5ncnc45)C[C@H]3C2)cn1. The predicted molar refractivity (Wildman–Crippen MR) is 111 cm³/mol. The van der Waals surface area contributed by atoms with Crippen molar-refractivity contribution in [2.45, 2.75) is 38.6 Å². The van der Waals surface area contributed by atoms with E-state index in [4.69, 9.17) is 0 Å². The number of carbonyl (C=O) groups excluding carboxylic acids is 1. The van der Waals surface area contributed by atoms with Gasteiger partial charge in [0.05, 0.1) is 17.9 Å². The van der Waals surface area contributed by atoms with Crippen LogP contribution in [0.15, 0.2) is 43.0 Å². The van der Waals surface area contributed by atoms with Gasteiger partial charge in [-0.15, -0.1) is 0 Å². The summed E-state index contributed by atoms with van der Waals surface area (Å²) in [5, 5.41) is 4.20. The van der Waals surface area contributed by atoms with Crippen LogP contribution in [0.2, 0.25) is 0 Å². The monoisotopic (exact) mass is 390 g/mol. The van der Waals surface area contributed by atoms with Crippen LogP contribution in [0.5, 0.6) is 0 Å². The average Bonchev–Trinajstić information content (AvgIpc) is 3.34. The van der Waals surface area contributed by atoms with Crippen LogP contribution < -0.4 is 4.90 Å². The lowest BCUT2D eigenvalue weighted by atomic mass is 9.96. The number of aryl methyl sites for hydroxylation is 2. The lowest BCUT2D eigenvalue weighted by molar-refractivity contribution is -0.132. The zero-order valence-corrected chi connectivity index (χ0v) is 16.7. The number of carbonyl (C=O) groups is 1. The molecule has 0 unspecified atom stereocenters. The van der Waals surface area contributed by atoms with E-state index >= 15 is 0 Å². The molecule has 0 N–H and O–H groups in total. The molecule has 2 atom stereocenters. The van der Waals surface area contributed by atoms with E-state index in [1.807, 2.05) is 29.9 Å². The van der Waals surface area contributed by atoms with Crippen molar-refractivity contribution in [1.29, 1.82) is 0 Å². The molecular formula is C22H26N6O. The molecule has 3 aromatic heterocycles. The van der Waals surface area contributed by atoms with Crippen molar-refractivity contribution in [1.82, 2.24) is 24.5 Å². The number of anilines is 1. The number of fused-ring (bicyclic) bond motifs is 2. The van der Waals surface area contributed by atoms with Crippen LogP contribution in [0.3, 0.4) is 0 Å². The van der Waals surface area contributed by atoms with Gasteiger partial charge in [0.1, 0.15) is 6.33 Å². The van der Waals surface area contributed by atoms with Gasteiger partial charge in [-0.05, 0) is 56.4 Å². The highest BCUT2D eigenvalue weighted by Crippen LogP contribution is 2.32. The van der Waals surface area contributed by atoms with Gasteiger partial charge in [-0.1, -0.05) is 6.07 Å². The van der Waals surface area contributed by atoms with E-state index in [0.717, 1.165) is 62.3 Å². The molecule has 5 rings (SSSR count). The zero-order valence-electron chi connectivity index (χ0n) is 16.7. The molecule has 150 valence electrons. The molecule has 0 aliphatic carbocycles. The molecule has 2 aliphatic rings. The second-order valence-corrected chi connectivity index (χ2v) is 8.18. The first-order chi connectivity index (χ1) is 14.2. The van der Waals surface area contributed by atoms with Gasteiger partial charge < -0.3 is 9.80 Å². The molecule has 7 heteroatoms. The maximum Gasteiger partial charge on any atom is 0.226 e. The first-order valence-corrected chi connectivity index (χ1v) is 10.4. The van der Waals surface area contributed by atoms with Crippen molar-refractivity contribution in [3.05, 3.63) is 54.2 Å². The van der Waals surface area contributed by atoms with E-state index in [1.54, 1.807) is 6.33 Å². The van der Waals surface area contributed by atoms with Crippen LogP contribution in [0.1, 0.15) is 30.5 Å². The molecular weight excluding hydrogens is 364 g/mol. The fourth-order valence-corrected chi connectivity index (χ4v) is 4.77. The number of pyridine rings is 2. The van der Waals surface area contributed by atoms with Crippen molar-refractivity contribution >= 4 is 17.2 Å². The highest BCUT2D eigenvalue weighted by Gasteiger charge is 2.41. The van der Waals surface area contributed by atoms with E-state index in [-0.39, 0.29) is 5.92 Å². The molecule has 2 saturated heterocycles. The van der Waals surface area contributed by atoms with Crippen LogP contribution in [-0.2, 0) is 11.2 Å². The molecule has 0 aromatic carbocycles. The molecule has 0 bridgehead atoms. The molecule has 0 saturated carbocycles. The largest absolute Gasteiger partial charge is 0.366 e. The van der Waals surface area contributed by atoms with Crippen molar-refractivity contribution in [2.24, 2.45) is 5.92 Å². The summed E-state index contributed by atoms with van der Waals surface area (Å²) in [7, 11) is 0. The number of piperazine rings is 1. The Hall–Kier alpha value is -2.96. The maximum atomic E-state index is 12.9. The van der Waals surface area contributed by atoms with E-state index in [0.29, 0.717) is 11.9 Å². The van der Waals surface area contributed by atoms with Gasteiger partial charge in [0.2, 0.25) is 5.91 Å². The first kappa shape index (κ1) is 18.1. The quantitative estimate of drug-likeness (QED) is 0.670. The Labute approximate surface area is 170 Å². The third kappa shape index (κ3) is 3.45. The summed E-state index contributed by atoms with van der Waals surface area (Å²) in [6.07, 6.45) is 9.28. The van der Waals surface area contributed by atoms with Crippen LogP contribution in [0.4, 0.5) is 5.69 Å². The molecule has 7 nitrogen and oxygen atoms in total. The lowest BCUT2D eigenvalue weighted by Gasteiger charge is -2.38. The molecule has 29 heavy (non-hydrogen) atoms. The summed E-state index contributed by atoms with van der Waals surface area (Å²) < 4.78 is 1.81. The van der Waals surface area contributed by atoms with Crippen LogP contribution in [-0.4, -0.2) is 56.1 Å². The summed E-state index contributed by atoms with van der Waals surface area (Å²) >= 11 is 0. The van der Waals surface area contributed by atoms with Crippen LogP contribution in [0.25, 0.3) is 5.65 Å². The van der Waals surface area contributed by atoms with Gasteiger partial charge in [0.15, 0.2) is 5.65 Å². The molecule has 1 amide bonds. The standard InChI is InChI=1S/C22H26N6O/c1-16-7-8-19(13-23-16)26-10-11-27-20(14-26)12-18(22(27)29)5-2-4-17-6-3-9-28-21(17)24-15-25-28/h3,6-9,13,15,18,20H,2,4-5,10-12,14H2,1H3/t18-,20-/m0/s1. The number of amides is 1. The number of hydrogen-bond donors (Lipinski definition) is 0. The predicted octanol–water partition coefficient (Wildman–Crippen LogP) is 2.49.